The second-order valence-electron chi connectivity index (χ2n) is 7.89. The number of rotatable bonds is 7. The molecule has 2 heterocycles. The highest BCUT2D eigenvalue weighted by Gasteiger charge is 2.26. The Morgan fingerprint density at radius 1 is 1.06 bits per heavy atom. The topological polar surface area (TPSA) is 106 Å². The standard InChI is InChI=1S/C26H25N3O6/c1-2-34-26(31)20-8-11-22(23(18-20)29(32)33)27-14-16-28(17-15-27)25(30)13-10-21-9-12-24(35-21)19-6-4-3-5-7-19/h3-13,18H,2,14-17H2,1H3/b13-10+. The lowest BCUT2D eigenvalue weighted by Crippen LogP contribution is -2.48. The first-order chi connectivity index (χ1) is 17.0. The number of benzene rings is 2. The van der Waals surface area contributed by atoms with Gasteiger partial charge < -0.3 is 19.0 Å². The van der Waals surface area contributed by atoms with E-state index in [9.17, 15) is 19.7 Å². The maximum atomic E-state index is 12.7. The van der Waals surface area contributed by atoms with E-state index in [-0.39, 0.29) is 23.8 Å². The highest BCUT2D eigenvalue weighted by atomic mass is 16.6. The number of hydrogen-bond donors (Lipinski definition) is 0. The number of piperazine rings is 1. The summed E-state index contributed by atoms with van der Waals surface area (Å²) < 4.78 is 10.7. The molecule has 1 amide bonds. The molecule has 1 aliphatic rings. The molecule has 35 heavy (non-hydrogen) atoms. The van der Waals surface area contributed by atoms with Gasteiger partial charge in [-0.2, -0.15) is 0 Å². The number of amides is 1. The molecule has 9 heteroatoms. The number of nitro benzene ring substituents is 1. The summed E-state index contributed by atoms with van der Waals surface area (Å²) in [6, 6.07) is 17.7. The molecule has 0 atom stereocenters. The van der Waals surface area contributed by atoms with E-state index < -0.39 is 10.9 Å². The first-order valence-corrected chi connectivity index (χ1v) is 11.3. The van der Waals surface area contributed by atoms with Crippen LogP contribution in [-0.2, 0) is 9.53 Å². The molecule has 0 N–H and O–H groups in total. The maximum Gasteiger partial charge on any atom is 0.338 e. The molecule has 2 aromatic carbocycles. The zero-order chi connectivity index (χ0) is 24.8. The van der Waals surface area contributed by atoms with E-state index in [2.05, 4.69) is 0 Å². The smallest absolute Gasteiger partial charge is 0.338 e. The van der Waals surface area contributed by atoms with Crippen molar-refractivity contribution < 1.29 is 23.7 Å². The number of hydrogen-bond acceptors (Lipinski definition) is 7. The highest BCUT2D eigenvalue weighted by molar-refractivity contribution is 5.92. The Hall–Kier alpha value is -4.40. The third kappa shape index (κ3) is 5.57. The molecular weight excluding hydrogens is 450 g/mol. The normalized spacial score (nSPS) is 13.7. The number of nitrogens with zero attached hydrogens (tertiary/aromatic N) is 3. The van der Waals surface area contributed by atoms with Gasteiger partial charge in [0.1, 0.15) is 17.2 Å². The zero-order valence-corrected chi connectivity index (χ0v) is 19.3. The Morgan fingerprint density at radius 2 is 1.80 bits per heavy atom. The van der Waals surface area contributed by atoms with Gasteiger partial charge in [0.25, 0.3) is 5.69 Å². The van der Waals surface area contributed by atoms with Crippen LogP contribution >= 0.6 is 0 Å². The van der Waals surface area contributed by atoms with Crippen LogP contribution in [0.15, 0.2) is 71.2 Å². The van der Waals surface area contributed by atoms with E-state index in [1.54, 1.807) is 24.0 Å². The predicted octanol–water partition coefficient (Wildman–Crippen LogP) is 4.39. The van der Waals surface area contributed by atoms with Crippen LogP contribution in [-0.4, -0.2) is 54.5 Å². The Bertz CT molecular complexity index is 1240. The number of esters is 1. The van der Waals surface area contributed by atoms with Gasteiger partial charge in [-0.25, -0.2) is 4.79 Å². The summed E-state index contributed by atoms with van der Waals surface area (Å²) in [5.41, 5.74) is 1.34. The van der Waals surface area contributed by atoms with E-state index in [1.165, 1.54) is 18.2 Å². The number of furan rings is 1. The van der Waals surface area contributed by atoms with Crippen LogP contribution in [0.2, 0.25) is 0 Å². The van der Waals surface area contributed by atoms with Crippen molar-refractivity contribution in [3.8, 4) is 11.3 Å². The molecule has 9 nitrogen and oxygen atoms in total. The molecule has 1 aliphatic heterocycles. The summed E-state index contributed by atoms with van der Waals surface area (Å²) in [6.07, 6.45) is 3.11. The summed E-state index contributed by atoms with van der Waals surface area (Å²) in [7, 11) is 0. The Kier molecular flexibility index (Phi) is 7.25. The zero-order valence-electron chi connectivity index (χ0n) is 19.3. The van der Waals surface area contributed by atoms with E-state index in [0.717, 1.165) is 11.3 Å². The average molecular weight is 476 g/mol. The van der Waals surface area contributed by atoms with Gasteiger partial charge in [-0.05, 0) is 37.3 Å². The molecule has 1 fully saturated rings. The van der Waals surface area contributed by atoms with Crippen molar-refractivity contribution in [2.45, 2.75) is 6.92 Å². The van der Waals surface area contributed by atoms with E-state index in [4.69, 9.17) is 9.15 Å². The van der Waals surface area contributed by atoms with Crippen molar-refractivity contribution in [3.05, 3.63) is 88.2 Å². The van der Waals surface area contributed by atoms with Crippen LogP contribution in [0.5, 0.6) is 0 Å². The van der Waals surface area contributed by atoms with E-state index >= 15 is 0 Å². The second-order valence-corrected chi connectivity index (χ2v) is 7.89. The largest absolute Gasteiger partial charge is 0.462 e. The maximum absolute atomic E-state index is 12.7. The first kappa shape index (κ1) is 23.7. The van der Waals surface area contributed by atoms with Crippen LogP contribution < -0.4 is 4.90 Å². The Morgan fingerprint density at radius 3 is 2.49 bits per heavy atom. The fraction of sp³-hybridized carbons (Fsp3) is 0.231. The molecule has 0 saturated carbocycles. The van der Waals surface area contributed by atoms with Gasteiger partial charge >= 0.3 is 5.97 Å². The number of ether oxygens (including phenoxy) is 1. The molecule has 0 aliphatic carbocycles. The molecule has 3 aromatic rings. The van der Waals surface area contributed by atoms with Crippen molar-refractivity contribution in [2.24, 2.45) is 0 Å². The Balaban J connectivity index is 1.38. The molecule has 180 valence electrons. The van der Waals surface area contributed by atoms with Crippen LogP contribution in [0.1, 0.15) is 23.0 Å². The molecule has 0 spiro atoms. The average Bonchev–Trinajstić information content (AvgIpc) is 3.37. The summed E-state index contributed by atoms with van der Waals surface area (Å²) in [5.74, 6) is 0.543. The van der Waals surface area contributed by atoms with Crippen molar-refractivity contribution in [1.29, 1.82) is 0 Å². The molecular formula is C26H25N3O6. The lowest BCUT2D eigenvalue weighted by atomic mass is 10.1. The third-order valence-electron chi connectivity index (χ3n) is 5.69. The summed E-state index contributed by atoms with van der Waals surface area (Å²) >= 11 is 0. The van der Waals surface area contributed by atoms with Gasteiger partial charge in [0.2, 0.25) is 5.91 Å². The molecule has 0 bridgehead atoms. The van der Waals surface area contributed by atoms with Gasteiger partial charge in [0, 0.05) is 43.9 Å². The SMILES string of the molecule is CCOC(=O)c1ccc(N2CCN(C(=O)/C=C/c3ccc(-c4ccccc4)o3)CC2)c([N+](=O)[O-])c1. The molecule has 4 rings (SSSR count). The van der Waals surface area contributed by atoms with Gasteiger partial charge in [-0.15, -0.1) is 0 Å². The molecule has 1 saturated heterocycles. The first-order valence-electron chi connectivity index (χ1n) is 11.3. The number of anilines is 1. The lowest BCUT2D eigenvalue weighted by molar-refractivity contribution is -0.384. The molecule has 1 aromatic heterocycles. The highest BCUT2D eigenvalue weighted by Crippen LogP contribution is 2.30. The Labute approximate surface area is 202 Å². The molecule has 0 radical (unpaired) electrons. The fourth-order valence-corrected chi connectivity index (χ4v) is 3.91. The fourth-order valence-electron chi connectivity index (χ4n) is 3.91. The van der Waals surface area contributed by atoms with Crippen molar-refractivity contribution in [3.63, 3.8) is 0 Å². The number of carbonyl (C=O) groups excluding carboxylic acids is 2. The molecule has 0 unspecified atom stereocenters. The summed E-state index contributed by atoms with van der Waals surface area (Å²) in [4.78, 5) is 39.3. The van der Waals surface area contributed by atoms with Gasteiger partial charge in [-0.3, -0.25) is 14.9 Å². The third-order valence-corrected chi connectivity index (χ3v) is 5.69. The van der Waals surface area contributed by atoms with Crippen LogP contribution in [0.3, 0.4) is 0 Å². The van der Waals surface area contributed by atoms with Gasteiger partial charge in [0.15, 0.2) is 0 Å². The van der Waals surface area contributed by atoms with Gasteiger partial charge in [0.05, 0.1) is 17.1 Å². The minimum absolute atomic E-state index is 0.134. The quantitative estimate of drug-likeness (QED) is 0.216. The minimum Gasteiger partial charge on any atom is -0.462 e. The monoisotopic (exact) mass is 475 g/mol. The van der Waals surface area contributed by atoms with Crippen molar-refractivity contribution in [1.82, 2.24) is 4.90 Å². The van der Waals surface area contributed by atoms with E-state index in [1.807, 2.05) is 47.4 Å². The van der Waals surface area contributed by atoms with Crippen LogP contribution in [0.25, 0.3) is 17.4 Å². The minimum atomic E-state index is -0.600. The van der Waals surface area contributed by atoms with Gasteiger partial charge in [-0.1, -0.05) is 30.3 Å². The number of carbonyl (C=O) groups is 2. The van der Waals surface area contributed by atoms with E-state index in [0.29, 0.717) is 37.6 Å². The lowest BCUT2D eigenvalue weighted by Gasteiger charge is -2.35. The predicted molar refractivity (Wildman–Crippen MR) is 131 cm³/mol. The van der Waals surface area contributed by atoms with Crippen LogP contribution in [0, 0.1) is 10.1 Å². The number of nitro groups is 1. The second kappa shape index (κ2) is 10.7. The van der Waals surface area contributed by atoms with Crippen molar-refractivity contribution in [2.75, 3.05) is 37.7 Å². The van der Waals surface area contributed by atoms with Crippen molar-refractivity contribution >= 4 is 29.3 Å². The summed E-state index contributed by atoms with van der Waals surface area (Å²) in [5, 5.41) is 11.6. The van der Waals surface area contributed by atoms with Crippen LogP contribution in [0.4, 0.5) is 11.4 Å². The summed E-state index contributed by atoms with van der Waals surface area (Å²) in [6.45, 7) is 3.54.